The maximum Gasteiger partial charge on any atom is 0.225 e. The average molecular weight is 328 g/mol. The third-order valence-electron chi connectivity index (χ3n) is 3.98. The van der Waals surface area contributed by atoms with Crippen molar-refractivity contribution in [2.45, 2.75) is 31.5 Å². The van der Waals surface area contributed by atoms with E-state index in [1.807, 2.05) is 0 Å². The van der Waals surface area contributed by atoms with Gasteiger partial charge in [0.2, 0.25) is 5.91 Å². The molecule has 0 aliphatic carbocycles. The van der Waals surface area contributed by atoms with Crippen LogP contribution >= 0.6 is 0 Å². The molecule has 1 fully saturated rings. The summed E-state index contributed by atoms with van der Waals surface area (Å²) in [6.45, 7) is 1.37. The highest BCUT2D eigenvalue weighted by molar-refractivity contribution is 5.76. The van der Waals surface area contributed by atoms with Crippen LogP contribution in [0, 0.1) is 11.6 Å². The first-order valence-corrected chi connectivity index (χ1v) is 7.65. The van der Waals surface area contributed by atoms with E-state index in [9.17, 15) is 13.6 Å². The Morgan fingerprint density at radius 2 is 2.09 bits per heavy atom. The highest BCUT2D eigenvalue weighted by atomic mass is 19.1. The number of benzene rings is 1. The van der Waals surface area contributed by atoms with Crippen LogP contribution in [0.3, 0.4) is 0 Å². The molecule has 1 aromatic carbocycles. The van der Waals surface area contributed by atoms with Gasteiger partial charge in [-0.05, 0) is 12.1 Å². The molecule has 0 saturated carbocycles. The fourth-order valence-corrected chi connectivity index (χ4v) is 2.56. The van der Waals surface area contributed by atoms with E-state index in [0.717, 1.165) is 12.1 Å². The van der Waals surface area contributed by atoms with Gasteiger partial charge in [0.15, 0.2) is 11.6 Å². The summed E-state index contributed by atoms with van der Waals surface area (Å²) in [5.74, 6) is -1.32. The number of nitrogens with zero attached hydrogens (tertiary/aromatic N) is 1. The number of carbonyl (C=O) groups is 1. The topological polar surface area (TPSA) is 64.8 Å². The number of likely N-dealkylation sites (tertiary alicyclic amines) is 1. The number of methoxy groups -OCH3 is 1. The molecule has 1 atom stereocenters. The minimum atomic E-state index is -0.714. The molecule has 1 aliphatic heterocycles. The van der Waals surface area contributed by atoms with Crippen molar-refractivity contribution in [1.29, 1.82) is 0 Å². The van der Waals surface area contributed by atoms with Gasteiger partial charge in [-0.15, -0.1) is 0 Å². The molecule has 0 aromatic heterocycles. The van der Waals surface area contributed by atoms with E-state index in [2.05, 4.69) is 0 Å². The van der Waals surface area contributed by atoms with E-state index < -0.39 is 11.6 Å². The predicted molar refractivity (Wildman–Crippen MR) is 81.1 cm³/mol. The van der Waals surface area contributed by atoms with E-state index in [0.29, 0.717) is 32.5 Å². The van der Waals surface area contributed by atoms with Crippen molar-refractivity contribution in [1.82, 2.24) is 4.90 Å². The SMILES string of the molecule is COC(CN)CC(=O)N1CCC(Oc2ccc(F)cc2F)CC1. The predicted octanol–water partition coefficient (Wildman–Crippen LogP) is 1.70. The number of carbonyl (C=O) groups excluding carboxylic acids is 1. The largest absolute Gasteiger partial charge is 0.487 e. The zero-order valence-electron chi connectivity index (χ0n) is 13.1. The third-order valence-corrected chi connectivity index (χ3v) is 3.98. The Bertz CT molecular complexity index is 530. The molecule has 5 nitrogen and oxygen atoms in total. The first-order valence-electron chi connectivity index (χ1n) is 7.65. The number of piperidine rings is 1. The fraction of sp³-hybridized carbons (Fsp3) is 0.562. The Morgan fingerprint density at radius 1 is 1.39 bits per heavy atom. The summed E-state index contributed by atoms with van der Waals surface area (Å²) in [4.78, 5) is 13.9. The van der Waals surface area contributed by atoms with Crippen molar-refractivity contribution in [2.75, 3.05) is 26.7 Å². The summed E-state index contributed by atoms with van der Waals surface area (Å²) >= 11 is 0. The summed E-state index contributed by atoms with van der Waals surface area (Å²) in [6.07, 6.45) is 0.994. The Morgan fingerprint density at radius 3 is 2.65 bits per heavy atom. The van der Waals surface area contributed by atoms with Crippen molar-refractivity contribution in [3.63, 3.8) is 0 Å². The van der Waals surface area contributed by atoms with Gasteiger partial charge in [-0.2, -0.15) is 0 Å². The smallest absolute Gasteiger partial charge is 0.225 e. The van der Waals surface area contributed by atoms with Crippen molar-refractivity contribution < 1.29 is 23.0 Å². The lowest BCUT2D eigenvalue weighted by atomic mass is 10.1. The molecule has 128 valence electrons. The first kappa shape index (κ1) is 17.6. The van der Waals surface area contributed by atoms with Crippen LogP contribution in [0.25, 0.3) is 0 Å². The number of rotatable bonds is 6. The van der Waals surface area contributed by atoms with Gasteiger partial charge >= 0.3 is 0 Å². The number of halogens is 2. The van der Waals surface area contributed by atoms with Gasteiger partial charge in [-0.25, -0.2) is 8.78 Å². The highest BCUT2D eigenvalue weighted by Crippen LogP contribution is 2.23. The number of hydrogen-bond donors (Lipinski definition) is 1. The summed E-state index contributed by atoms with van der Waals surface area (Å²) in [5.41, 5.74) is 5.52. The Kier molecular flexibility index (Phi) is 6.29. The van der Waals surface area contributed by atoms with Crippen molar-refractivity contribution in [3.05, 3.63) is 29.8 Å². The van der Waals surface area contributed by atoms with Gasteiger partial charge in [0, 0.05) is 45.7 Å². The number of amides is 1. The van der Waals surface area contributed by atoms with Gasteiger partial charge in [-0.1, -0.05) is 0 Å². The van der Waals surface area contributed by atoms with E-state index in [4.69, 9.17) is 15.2 Å². The maximum absolute atomic E-state index is 13.6. The second kappa shape index (κ2) is 8.21. The van der Waals surface area contributed by atoms with Crippen LogP contribution < -0.4 is 10.5 Å². The standard InChI is InChI=1S/C16H22F2N2O3/c1-22-13(10-19)9-16(21)20-6-4-12(5-7-20)23-15-3-2-11(17)8-14(15)18/h2-3,8,12-13H,4-7,9-10,19H2,1H3. The van der Waals surface area contributed by atoms with Gasteiger partial charge < -0.3 is 20.1 Å². The Balaban J connectivity index is 1.82. The lowest BCUT2D eigenvalue weighted by Gasteiger charge is -2.33. The Labute approximate surface area is 134 Å². The average Bonchev–Trinajstić information content (AvgIpc) is 2.55. The molecule has 2 N–H and O–H groups in total. The van der Waals surface area contributed by atoms with Crippen molar-refractivity contribution in [3.8, 4) is 5.75 Å². The van der Waals surface area contributed by atoms with Crippen LogP contribution in [0.5, 0.6) is 5.75 Å². The van der Waals surface area contributed by atoms with E-state index in [-0.39, 0.29) is 30.3 Å². The lowest BCUT2D eigenvalue weighted by Crippen LogP contribution is -2.43. The Hall–Kier alpha value is -1.73. The van der Waals surface area contributed by atoms with Crippen LogP contribution in [-0.4, -0.2) is 49.8 Å². The molecule has 1 heterocycles. The van der Waals surface area contributed by atoms with Gasteiger partial charge in [-0.3, -0.25) is 4.79 Å². The van der Waals surface area contributed by atoms with Crippen molar-refractivity contribution in [2.24, 2.45) is 5.73 Å². The summed E-state index contributed by atoms with van der Waals surface area (Å²) in [6, 6.07) is 3.24. The molecule has 2 rings (SSSR count). The molecular formula is C16H22F2N2O3. The highest BCUT2D eigenvalue weighted by Gasteiger charge is 2.26. The van der Waals surface area contributed by atoms with Gasteiger partial charge in [0.25, 0.3) is 0 Å². The molecule has 0 spiro atoms. The molecule has 1 amide bonds. The third kappa shape index (κ3) is 4.87. The second-order valence-electron chi connectivity index (χ2n) is 5.57. The normalized spacial score (nSPS) is 17.1. The van der Waals surface area contributed by atoms with E-state index >= 15 is 0 Å². The summed E-state index contributed by atoms with van der Waals surface area (Å²) in [5, 5.41) is 0. The maximum atomic E-state index is 13.6. The van der Waals surface area contributed by atoms with Crippen LogP contribution in [0.15, 0.2) is 18.2 Å². The minimum Gasteiger partial charge on any atom is -0.487 e. The second-order valence-corrected chi connectivity index (χ2v) is 5.57. The number of ether oxygens (including phenoxy) is 2. The molecule has 1 unspecified atom stereocenters. The van der Waals surface area contributed by atoms with Gasteiger partial charge in [0.05, 0.1) is 12.5 Å². The van der Waals surface area contributed by atoms with Crippen LogP contribution in [0.4, 0.5) is 8.78 Å². The lowest BCUT2D eigenvalue weighted by molar-refractivity contribution is -0.135. The van der Waals surface area contributed by atoms with Crippen LogP contribution in [0.2, 0.25) is 0 Å². The number of hydrogen-bond acceptors (Lipinski definition) is 4. The molecule has 1 saturated heterocycles. The molecule has 1 aliphatic rings. The first-order chi connectivity index (χ1) is 11.0. The van der Waals surface area contributed by atoms with Crippen LogP contribution in [0.1, 0.15) is 19.3 Å². The zero-order chi connectivity index (χ0) is 16.8. The minimum absolute atomic E-state index is 0.00582. The van der Waals surface area contributed by atoms with E-state index in [1.165, 1.54) is 13.2 Å². The van der Waals surface area contributed by atoms with Crippen molar-refractivity contribution >= 4 is 5.91 Å². The summed E-state index contributed by atoms with van der Waals surface area (Å²) in [7, 11) is 1.53. The molecule has 0 bridgehead atoms. The zero-order valence-corrected chi connectivity index (χ0v) is 13.1. The quantitative estimate of drug-likeness (QED) is 0.863. The molecule has 0 radical (unpaired) electrons. The summed E-state index contributed by atoms with van der Waals surface area (Å²) < 4.78 is 37.1. The number of nitrogens with two attached hydrogens (primary N) is 1. The molecule has 7 heteroatoms. The monoisotopic (exact) mass is 328 g/mol. The van der Waals surface area contributed by atoms with Crippen LogP contribution in [-0.2, 0) is 9.53 Å². The molecule has 1 aromatic rings. The fourth-order valence-electron chi connectivity index (χ4n) is 2.56. The molecule has 23 heavy (non-hydrogen) atoms. The molecular weight excluding hydrogens is 306 g/mol. The van der Waals surface area contributed by atoms with Gasteiger partial charge in [0.1, 0.15) is 11.9 Å². The van der Waals surface area contributed by atoms with E-state index in [1.54, 1.807) is 4.90 Å².